The van der Waals surface area contributed by atoms with Gasteiger partial charge in [-0.1, -0.05) is 114 Å². The van der Waals surface area contributed by atoms with Gasteiger partial charge in [0, 0.05) is 6.42 Å². The average Bonchev–Trinajstić information content (AvgIpc) is 2.66. The van der Waals surface area contributed by atoms with Crippen LogP contribution < -0.4 is 0 Å². The molecule has 0 N–H and O–H groups in total. The zero-order valence-corrected chi connectivity index (χ0v) is 17.2. The Morgan fingerprint density at radius 1 is 0.769 bits per heavy atom. The van der Waals surface area contributed by atoms with Crippen molar-refractivity contribution >= 4 is 5.97 Å². The van der Waals surface area contributed by atoms with Gasteiger partial charge in [-0.25, -0.2) is 0 Å². The van der Waals surface area contributed by atoms with Crippen LogP contribution in [0.3, 0.4) is 0 Å². The van der Waals surface area contributed by atoms with Crippen LogP contribution >= 0.6 is 0 Å². The smallest absolute Gasteiger partial charge is 0.306 e. The van der Waals surface area contributed by atoms with E-state index in [1.165, 1.54) is 70.6 Å². The van der Waals surface area contributed by atoms with E-state index < -0.39 is 0 Å². The van der Waals surface area contributed by atoms with Crippen LogP contribution in [0.25, 0.3) is 0 Å². The normalized spacial score (nSPS) is 12.1. The summed E-state index contributed by atoms with van der Waals surface area (Å²) in [5.74, 6) is -0.0653. The maximum atomic E-state index is 11.9. The standard InChI is InChI=1S/C24H40O2/c1-3-4-5-6-7-8-9-10-11-12-13-14-18-21-24(25)26-22(2)23-19-16-15-17-20-23/h15-17,19-20,22H,3-14,18,21H2,1-2H3. The molecule has 2 heteroatoms. The zero-order valence-electron chi connectivity index (χ0n) is 17.2. The Kier molecular flexibility index (Phi) is 13.9. The molecule has 0 radical (unpaired) electrons. The second kappa shape index (κ2) is 15.9. The van der Waals surface area contributed by atoms with E-state index in [-0.39, 0.29) is 12.1 Å². The molecule has 0 aliphatic rings. The molecule has 0 amide bonds. The average molecular weight is 361 g/mol. The van der Waals surface area contributed by atoms with Crippen LogP contribution in [0.2, 0.25) is 0 Å². The molecule has 1 aromatic rings. The van der Waals surface area contributed by atoms with Gasteiger partial charge in [0.2, 0.25) is 0 Å². The minimum Gasteiger partial charge on any atom is -0.458 e. The summed E-state index contributed by atoms with van der Waals surface area (Å²) in [6.07, 6.45) is 17.6. The monoisotopic (exact) mass is 360 g/mol. The van der Waals surface area contributed by atoms with Crippen LogP contribution in [0.15, 0.2) is 30.3 Å². The summed E-state index contributed by atoms with van der Waals surface area (Å²) >= 11 is 0. The van der Waals surface area contributed by atoms with Gasteiger partial charge in [0.15, 0.2) is 0 Å². The lowest BCUT2D eigenvalue weighted by Gasteiger charge is -2.13. The Bertz CT molecular complexity index is 441. The highest BCUT2D eigenvalue weighted by atomic mass is 16.5. The van der Waals surface area contributed by atoms with Gasteiger partial charge in [-0.2, -0.15) is 0 Å². The highest BCUT2D eigenvalue weighted by molar-refractivity contribution is 5.69. The van der Waals surface area contributed by atoms with E-state index in [2.05, 4.69) is 6.92 Å². The van der Waals surface area contributed by atoms with Crippen molar-refractivity contribution in [1.82, 2.24) is 0 Å². The first-order chi connectivity index (χ1) is 12.7. The molecule has 0 aliphatic heterocycles. The molecule has 0 saturated heterocycles. The van der Waals surface area contributed by atoms with Crippen LogP contribution in [0.4, 0.5) is 0 Å². The molecule has 26 heavy (non-hydrogen) atoms. The number of hydrogen-bond donors (Lipinski definition) is 0. The molecule has 0 spiro atoms. The number of esters is 1. The Labute approximate surface area is 161 Å². The first-order valence-corrected chi connectivity index (χ1v) is 11.0. The summed E-state index contributed by atoms with van der Waals surface area (Å²) in [6, 6.07) is 9.94. The second-order valence-electron chi connectivity index (χ2n) is 7.54. The van der Waals surface area contributed by atoms with Crippen molar-refractivity contribution in [3.05, 3.63) is 35.9 Å². The molecule has 0 aliphatic carbocycles. The lowest BCUT2D eigenvalue weighted by molar-refractivity contribution is -0.148. The molecule has 0 aromatic heterocycles. The van der Waals surface area contributed by atoms with Crippen molar-refractivity contribution in [1.29, 1.82) is 0 Å². The van der Waals surface area contributed by atoms with E-state index in [1.54, 1.807) is 0 Å². The van der Waals surface area contributed by atoms with E-state index >= 15 is 0 Å². The molecule has 2 nitrogen and oxygen atoms in total. The van der Waals surface area contributed by atoms with Gasteiger partial charge in [0.05, 0.1) is 0 Å². The molecule has 148 valence electrons. The quantitative estimate of drug-likeness (QED) is 0.222. The zero-order chi connectivity index (χ0) is 18.9. The van der Waals surface area contributed by atoms with Crippen molar-refractivity contribution in [2.24, 2.45) is 0 Å². The summed E-state index contributed by atoms with van der Waals surface area (Å²) in [6.45, 7) is 4.21. The molecule has 1 aromatic carbocycles. The van der Waals surface area contributed by atoms with Crippen molar-refractivity contribution in [3.63, 3.8) is 0 Å². The van der Waals surface area contributed by atoms with Crippen LogP contribution in [0, 0.1) is 0 Å². The number of hydrogen-bond acceptors (Lipinski definition) is 2. The fraction of sp³-hybridized carbons (Fsp3) is 0.708. The first-order valence-electron chi connectivity index (χ1n) is 11.0. The lowest BCUT2D eigenvalue weighted by Crippen LogP contribution is -2.08. The van der Waals surface area contributed by atoms with E-state index in [0.717, 1.165) is 18.4 Å². The topological polar surface area (TPSA) is 26.3 Å². The molecule has 1 unspecified atom stereocenters. The number of rotatable bonds is 16. The van der Waals surface area contributed by atoms with E-state index in [0.29, 0.717) is 6.42 Å². The molecule has 0 fully saturated rings. The Hall–Kier alpha value is -1.31. The third-order valence-corrected chi connectivity index (χ3v) is 5.06. The molecule has 1 rings (SSSR count). The number of benzene rings is 1. The van der Waals surface area contributed by atoms with Gasteiger partial charge in [-0.15, -0.1) is 0 Å². The molecular formula is C24H40O2. The summed E-state index contributed by atoms with van der Waals surface area (Å²) in [7, 11) is 0. The van der Waals surface area contributed by atoms with Gasteiger partial charge in [-0.3, -0.25) is 4.79 Å². The van der Waals surface area contributed by atoms with Gasteiger partial charge < -0.3 is 4.74 Å². The van der Waals surface area contributed by atoms with Crippen LogP contribution in [-0.2, 0) is 9.53 Å². The van der Waals surface area contributed by atoms with Crippen LogP contribution in [-0.4, -0.2) is 5.97 Å². The highest BCUT2D eigenvalue weighted by Gasteiger charge is 2.10. The van der Waals surface area contributed by atoms with Gasteiger partial charge in [-0.05, 0) is 18.9 Å². The summed E-state index contributed by atoms with van der Waals surface area (Å²) < 4.78 is 5.50. The summed E-state index contributed by atoms with van der Waals surface area (Å²) in [4.78, 5) is 11.9. The first kappa shape index (κ1) is 22.7. The minimum atomic E-state index is -0.148. The molecule has 0 heterocycles. The third-order valence-electron chi connectivity index (χ3n) is 5.06. The van der Waals surface area contributed by atoms with Gasteiger partial charge in [0.1, 0.15) is 6.10 Å². The van der Waals surface area contributed by atoms with Crippen molar-refractivity contribution in [3.8, 4) is 0 Å². The molecular weight excluding hydrogens is 320 g/mol. The molecule has 0 bridgehead atoms. The SMILES string of the molecule is CCCCCCCCCCCCCCCC(=O)OC(C)c1ccccc1. The Morgan fingerprint density at radius 3 is 1.73 bits per heavy atom. The summed E-state index contributed by atoms with van der Waals surface area (Å²) in [5.41, 5.74) is 1.06. The minimum absolute atomic E-state index is 0.0653. The van der Waals surface area contributed by atoms with Gasteiger partial charge in [0.25, 0.3) is 0 Å². The number of carbonyl (C=O) groups is 1. The number of ether oxygens (including phenoxy) is 1. The predicted molar refractivity (Wildman–Crippen MR) is 111 cm³/mol. The third kappa shape index (κ3) is 12.1. The number of carbonyl (C=O) groups excluding carboxylic acids is 1. The molecule has 0 saturated carbocycles. The lowest BCUT2D eigenvalue weighted by atomic mass is 10.0. The predicted octanol–water partition coefficient (Wildman–Crippen LogP) is 7.77. The van der Waals surface area contributed by atoms with Crippen LogP contribution in [0.5, 0.6) is 0 Å². The van der Waals surface area contributed by atoms with Crippen molar-refractivity contribution < 1.29 is 9.53 Å². The van der Waals surface area contributed by atoms with Crippen LogP contribution in [0.1, 0.15) is 115 Å². The maximum absolute atomic E-state index is 11.9. The molecule has 1 atom stereocenters. The van der Waals surface area contributed by atoms with E-state index in [9.17, 15) is 4.79 Å². The summed E-state index contributed by atoms with van der Waals surface area (Å²) in [5, 5.41) is 0. The highest BCUT2D eigenvalue weighted by Crippen LogP contribution is 2.18. The van der Waals surface area contributed by atoms with Gasteiger partial charge >= 0.3 is 5.97 Å². The Morgan fingerprint density at radius 2 is 1.23 bits per heavy atom. The second-order valence-corrected chi connectivity index (χ2v) is 7.54. The van der Waals surface area contributed by atoms with E-state index in [1.807, 2.05) is 37.3 Å². The van der Waals surface area contributed by atoms with Crippen molar-refractivity contribution in [2.75, 3.05) is 0 Å². The Balaban J connectivity index is 1.87. The fourth-order valence-corrected chi connectivity index (χ4v) is 3.34. The van der Waals surface area contributed by atoms with E-state index in [4.69, 9.17) is 4.74 Å². The largest absolute Gasteiger partial charge is 0.458 e. The van der Waals surface area contributed by atoms with Crippen molar-refractivity contribution in [2.45, 2.75) is 110 Å². The number of unbranched alkanes of at least 4 members (excludes halogenated alkanes) is 12. The fourth-order valence-electron chi connectivity index (χ4n) is 3.34. The maximum Gasteiger partial charge on any atom is 0.306 e.